The summed E-state index contributed by atoms with van der Waals surface area (Å²) in [5.41, 5.74) is -0.835. The van der Waals surface area contributed by atoms with Gasteiger partial charge in [0.05, 0.1) is 12.2 Å². The van der Waals surface area contributed by atoms with Crippen LogP contribution < -0.4 is 10.1 Å². The molecule has 1 heterocycles. The van der Waals surface area contributed by atoms with E-state index in [1.807, 2.05) is 0 Å². The number of carbonyl (C=O) groups excluding carboxylic acids is 1. The van der Waals surface area contributed by atoms with Crippen LogP contribution in [0.4, 0.5) is 13.2 Å². The molecule has 0 aromatic heterocycles. The molecule has 2 aromatic carbocycles. The van der Waals surface area contributed by atoms with Crippen LogP contribution in [0.2, 0.25) is 0 Å². The van der Waals surface area contributed by atoms with Gasteiger partial charge in [0.25, 0.3) is 5.91 Å². The van der Waals surface area contributed by atoms with E-state index >= 15 is 0 Å². The maximum Gasteiger partial charge on any atom is 0.416 e. The van der Waals surface area contributed by atoms with Crippen LogP contribution in [-0.2, 0) is 17.5 Å². The van der Waals surface area contributed by atoms with Gasteiger partial charge in [-0.25, -0.2) is 0 Å². The zero-order valence-corrected chi connectivity index (χ0v) is 16.9. The molecule has 0 aliphatic carbocycles. The number of nitrogens with one attached hydrogen (secondary N) is 1. The third-order valence-electron chi connectivity index (χ3n) is 5.06. The number of ether oxygens (including phenoxy) is 2. The number of halogens is 3. The molecule has 2 aromatic rings. The maximum absolute atomic E-state index is 12.7. The Labute approximate surface area is 185 Å². The quantitative estimate of drug-likeness (QED) is 0.356. The highest BCUT2D eigenvalue weighted by Crippen LogP contribution is 2.32. The van der Waals surface area contributed by atoms with Gasteiger partial charge in [-0.2, -0.15) is 13.2 Å². The molecule has 5 atom stereocenters. The molecule has 0 bridgehead atoms. The predicted molar refractivity (Wildman–Crippen MR) is 105 cm³/mol. The van der Waals surface area contributed by atoms with E-state index in [1.54, 1.807) is 0 Å². The second-order valence-electron chi connectivity index (χ2n) is 7.34. The Kier molecular flexibility index (Phi) is 7.44. The van der Waals surface area contributed by atoms with Gasteiger partial charge in [-0.15, -0.1) is 0 Å². The molecule has 1 amide bonds. The predicted octanol–water partition coefficient (Wildman–Crippen LogP) is 0.520. The second kappa shape index (κ2) is 9.93. The third-order valence-corrected chi connectivity index (χ3v) is 5.06. The number of phenolic OH excluding ortho intramolecular Hbond substituents is 1. The number of benzene rings is 2. The van der Waals surface area contributed by atoms with Gasteiger partial charge in [-0.3, -0.25) is 4.79 Å². The Morgan fingerprint density at radius 3 is 2.30 bits per heavy atom. The average molecular weight is 473 g/mol. The van der Waals surface area contributed by atoms with Gasteiger partial charge in [0.1, 0.15) is 41.5 Å². The van der Waals surface area contributed by atoms with Crippen LogP contribution in [-0.4, -0.2) is 68.8 Å². The first-order valence-corrected chi connectivity index (χ1v) is 9.76. The fraction of sp³-hybridized carbons (Fsp3) is 0.381. The highest BCUT2D eigenvalue weighted by atomic mass is 19.4. The van der Waals surface area contributed by atoms with Crippen LogP contribution in [0.25, 0.3) is 0 Å². The van der Waals surface area contributed by atoms with Gasteiger partial charge in [-0.1, -0.05) is 18.2 Å². The molecule has 9 nitrogen and oxygen atoms in total. The van der Waals surface area contributed by atoms with Crippen LogP contribution in [0.5, 0.6) is 11.5 Å². The lowest BCUT2D eigenvalue weighted by Crippen LogP contribution is -2.60. The topological polar surface area (TPSA) is 149 Å². The minimum atomic E-state index is -4.49. The first kappa shape index (κ1) is 24.7. The molecule has 1 fully saturated rings. The van der Waals surface area contributed by atoms with Gasteiger partial charge >= 0.3 is 6.18 Å². The van der Waals surface area contributed by atoms with Crippen molar-refractivity contribution in [3.63, 3.8) is 0 Å². The largest absolute Gasteiger partial charge is 0.507 e. The zero-order valence-electron chi connectivity index (χ0n) is 16.9. The first-order chi connectivity index (χ1) is 15.5. The fourth-order valence-electron chi connectivity index (χ4n) is 3.22. The summed E-state index contributed by atoms with van der Waals surface area (Å²) in [6, 6.07) is 7.92. The van der Waals surface area contributed by atoms with Crippen LogP contribution in [0.3, 0.4) is 0 Å². The number of aromatic hydroxyl groups is 1. The van der Waals surface area contributed by atoms with E-state index in [-0.39, 0.29) is 17.9 Å². The first-order valence-electron chi connectivity index (χ1n) is 9.76. The Bertz CT molecular complexity index is 967. The molecule has 1 aliphatic rings. The Morgan fingerprint density at radius 1 is 1.03 bits per heavy atom. The molecule has 180 valence electrons. The molecule has 1 aliphatic heterocycles. The minimum Gasteiger partial charge on any atom is -0.507 e. The lowest BCUT2D eigenvalue weighted by molar-refractivity contribution is -0.277. The van der Waals surface area contributed by atoms with E-state index in [0.717, 1.165) is 12.1 Å². The summed E-state index contributed by atoms with van der Waals surface area (Å²) >= 11 is 0. The summed E-state index contributed by atoms with van der Waals surface area (Å²) in [6.45, 7) is -0.851. The number of hydrogen-bond acceptors (Lipinski definition) is 8. The summed E-state index contributed by atoms with van der Waals surface area (Å²) < 4.78 is 48.7. The van der Waals surface area contributed by atoms with Crippen LogP contribution in [0.1, 0.15) is 21.5 Å². The van der Waals surface area contributed by atoms with Crippen LogP contribution >= 0.6 is 0 Å². The third kappa shape index (κ3) is 5.54. The summed E-state index contributed by atoms with van der Waals surface area (Å²) in [5, 5.41) is 51.8. The standard InChI is InChI=1S/C21H22F3NO8/c22-21(23,24)11-6-4-10(5-7-11)8-25-19(31)15-12(27)2-1-3-13(15)32-20-18(30)17(29)16(28)14(9-26)33-20/h1-7,14,16-18,20,26-30H,8-9H2,(H,25,31)/t14-,16-,17+,18-,20-/m1/s1. The van der Waals surface area contributed by atoms with Gasteiger partial charge in [-0.05, 0) is 29.8 Å². The van der Waals surface area contributed by atoms with Crippen molar-refractivity contribution < 1.29 is 53.0 Å². The number of carbonyl (C=O) groups is 1. The van der Waals surface area contributed by atoms with Gasteiger partial charge in [0.2, 0.25) is 6.29 Å². The van der Waals surface area contributed by atoms with Gasteiger partial charge in [0.15, 0.2) is 0 Å². The zero-order chi connectivity index (χ0) is 24.3. The SMILES string of the molecule is O=C(NCc1ccc(C(F)(F)F)cc1)c1c(O)cccc1O[C@@H]1O[C@H](CO)[C@@H](O)[C@H](O)[C@H]1O. The van der Waals surface area contributed by atoms with E-state index in [0.29, 0.717) is 5.56 Å². The van der Waals surface area contributed by atoms with E-state index < -0.39 is 60.7 Å². The van der Waals surface area contributed by atoms with Crippen molar-refractivity contribution in [1.82, 2.24) is 5.32 Å². The summed E-state index contributed by atoms with van der Waals surface area (Å²) in [6.07, 6.45) is -12.4. The van der Waals surface area contributed by atoms with E-state index in [9.17, 15) is 43.5 Å². The van der Waals surface area contributed by atoms with Crippen molar-refractivity contribution >= 4 is 5.91 Å². The number of aliphatic hydroxyl groups excluding tert-OH is 4. The molecule has 0 saturated carbocycles. The summed E-state index contributed by atoms with van der Waals surface area (Å²) in [5.74, 6) is -1.58. The van der Waals surface area contributed by atoms with Crippen molar-refractivity contribution in [2.24, 2.45) is 0 Å². The van der Waals surface area contributed by atoms with Crippen molar-refractivity contribution in [2.75, 3.05) is 6.61 Å². The van der Waals surface area contributed by atoms with Crippen molar-refractivity contribution in [3.05, 3.63) is 59.2 Å². The molecule has 12 heteroatoms. The Balaban J connectivity index is 1.74. The average Bonchev–Trinajstić information content (AvgIpc) is 2.77. The van der Waals surface area contributed by atoms with Crippen LogP contribution in [0.15, 0.2) is 42.5 Å². The summed E-state index contributed by atoms with van der Waals surface area (Å²) in [7, 11) is 0. The van der Waals surface area contributed by atoms with Gasteiger partial charge in [0, 0.05) is 6.54 Å². The number of phenols is 1. The number of amides is 1. The summed E-state index contributed by atoms with van der Waals surface area (Å²) in [4.78, 5) is 12.7. The number of aliphatic hydroxyl groups is 4. The highest BCUT2D eigenvalue weighted by molar-refractivity contribution is 5.99. The van der Waals surface area contributed by atoms with Gasteiger partial charge < -0.3 is 40.3 Å². The van der Waals surface area contributed by atoms with E-state index in [1.165, 1.54) is 30.3 Å². The van der Waals surface area contributed by atoms with Crippen molar-refractivity contribution in [2.45, 2.75) is 43.4 Å². The minimum absolute atomic E-state index is 0.162. The smallest absolute Gasteiger partial charge is 0.416 e. The second-order valence-corrected chi connectivity index (χ2v) is 7.34. The lowest BCUT2D eigenvalue weighted by Gasteiger charge is -2.39. The maximum atomic E-state index is 12.7. The molecule has 0 spiro atoms. The van der Waals surface area contributed by atoms with Crippen molar-refractivity contribution in [1.29, 1.82) is 0 Å². The molecule has 33 heavy (non-hydrogen) atoms. The molecule has 0 radical (unpaired) electrons. The fourth-order valence-corrected chi connectivity index (χ4v) is 3.22. The van der Waals surface area contributed by atoms with Crippen LogP contribution in [0, 0.1) is 0 Å². The van der Waals surface area contributed by atoms with E-state index in [4.69, 9.17) is 9.47 Å². The monoisotopic (exact) mass is 473 g/mol. The Morgan fingerprint density at radius 2 is 1.70 bits per heavy atom. The number of alkyl halides is 3. The molecule has 1 saturated heterocycles. The Hall–Kier alpha value is -2.90. The molecule has 6 N–H and O–H groups in total. The number of hydrogen-bond donors (Lipinski definition) is 6. The molecule has 0 unspecified atom stereocenters. The van der Waals surface area contributed by atoms with Crippen molar-refractivity contribution in [3.8, 4) is 11.5 Å². The normalized spacial score (nSPS) is 25.5. The molecule has 3 rings (SSSR count). The van der Waals surface area contributed by atoms with E-state index in [2.05, 4.69) is 5.32 Å². The molecular formula is C21H22F3NO8. The highest BCUT2D eigenvalue weighted by Gasteiger charge is 2.45. The molecular weight excluding hydrogens is 451 g/mol. The lowest BCUT2D eigenvalue weighted by atomic mass is 9.99. The number of rotatable bonds is 6.